The molecule has 1 N–H and O–H groups in total. The van der Waals surface area contributed by atoms with E-state index in [4.69, 9.17) is 13.9 Å². The highest BCUT2D eigenvalue weighted by Crippen LogP contribution is 2.27. The number of ether oxygens (including phenoxy) is 2. The summed E-state index contributed by atoms with van der Waals surface area (Å²) in [6, 6.07) is 9.91. The summed E-state index contributed by atoms with van der Waals surface area (Å²) in [5, 5.41) is 3.34. The predicted molar refractivity (Wildman–Crippen MR) is 104 cm³/mol. The first-order chi connectivity index (χ1) is 12.7. The summed E-state index contributed by atoms with van der Waals surface area (Å²) in [6.07, 6.45) is 3.38. The van der Waals surface area contributed by atoms with Crippen LogP contribution in [0.25, 0.3) is 0 Å². The highest BCUT2D eigenvalue weighted by molar-refractivity contribution is 5.79. The molecular formula is C20H29N3O3. The molecule has 0 aliphatic carbocycles. The van der Waals surface area contributed by atoms with Crippen LogP contribution in [-0.2, 0) is 12.8 Å². The van der Waals surface area contributed by atoms with Crippen LogP contribution >= 0.6 is 0 Å². The van der Waals surface area contributed by atoms with E-state index in [0.717, 1.165) is 49.1 Å². The van der Waals surface area contributed by atoms with Crippen molar-refractivity contribution in [1.82, 2.24) is 10.2 Å². The Bertz CT molecular complexity index is 684. The van der Waals surface area contributed by atoms with Crippen LogP contribution in [0, 0.1) is 0 Å². The Morgan fingerprint density at radius 2 is 1.96 bits per heavy atom. The van der Waals surface area contributed by atoms with Crippen LogP contribution < -0.4 is 14.8 Å². The molecule has 2 rings (SSSR count). The standard InChI is InChI=1S/C20H29N3O3/c1-5-21-20(22-12-10-17-7-6-14-26-17)23(2)13-11-16-8-9-18(24-3)19(15-16)25-4/h6-9,14-15H,5,10-13H2,1-4H3,(H,21,22). The second-order valence-electron chi connectivity index (χ2n) is 5.93. The van der Waals surface area contributed by atoms with Crippen LogP contribution in [0.2, 0.25) is 0 Å². The van der Waals surface area contributed by atoms with Crippen LogP contribution in [-0.4, -0.2) is 51.8 Å². The zero-order valence-corrected chi connectivity index (χ0v) is 16.1. The summed E-state index contributed by atoms with van der Waals surface area (Å²) in [5.74, 6) is 3.36. The van der Waals surface area contributed by atoms with E-state index in [1.165, 1.54) is 5.56 Å². The van der Waals surface area contributed by atoms with Crippen molar-refractivity contribution in [3.05, 3.63) is 47.9 Å². The van der Waals surface area contributed by atoms with E-state index < -0.39 is 0 Å². The van der Waals surface area contributed by atoms with Gasteiger partial charge in [-0.1, -0.05) is 6.07 Å². The van der Waals surface area contributed by atoms with Gasteiger partial charge in [0.15, 0.2) is 17.5 Å². The highest BCUT2D eigenvalue weighted by atomic mass is 16.5. The Morgan fingerprint density at radius 3 is 2.62 bits per heavy atom. The Balaban J connectivity index is 1.93. The number of nitrogens with one attached hydrogen (secondary N) is 1. The number of rotatable bonds is 9. The molecule has 142 valence electrons. The Morgan fingerprint density at radius 1 is 1.15 bits per heavy atom. The fourth-order valence-electron chi connectivity index (χ4n) is 2.64. The molecule has 0 bridgehead atoms. The number of likely N-dealkylation sites (N-methyl/N-ethyl adjacent to an activating group) is 1. The third kappa shape index (κ3) is 5.72. The van der Waals surface area contributed by atoms with Crippen LogP contribution in [0.1, 0.15) is 18.2 Å². The van der Waals surface area contributed by atoms with Crippen molar-refractivity contribution >= 4 is 5.96 Å². The first kappa shape index (κ1) is 19.7. The molecule has 0 fully saturated rings. The lowest BCUT2D eigenvalue weighted by Gasteiger charge is -2.22. The maximum absolute atomic E-state index is 5.37. The maximum atomic E-state index is 5.37. The van der Waals surface area contributed by atoms with Gasteiger partial charge >= 0.3 is 0 Å². The zero-order chi connectivity index (χ0) is 18.8. The minimum atomic E-state index is 0.691. The quantitative estimate of drug-likeness (QED) is 0.551. The van der Waals surface area contributed by atoms with E-state index in [1.807, 2.05) is 24.3 Å². The smallest absolute Gasteiger partial charge is 0.193 e. The summed E-state index contributed by atoms with van der Waals surface area (Å²) in [6.45, 7) is 4.45. The summed E-state index contributed by atoms with van der Waals surface area (Å²) < 4.78 is 16.0. The third-order valence-corrected chi connectivity index (χ3v) is 4.08. The number of benzene rings is 1. The number of hydrogen-bond donors (Lipinski definition) is 1. The van der Waals surface area contributed by atoms with Gasteiger partial charge in [-0.2, -0.15) is 0 Å². The van der Waals surface area contributed by atoms with Crippen LogP contribution in [0.15, 0.2) is 46.0 Å². The highest BCUT2D eigenvalue weighted by Gasteiger charge is 2.08. The fraction of sp³-hybridized carbons (Fsp3) is 0.450. The molecule has 0 aliphatic heterocycles. The molecule has 6 nitrogen and oxygen atoms in total. The Labute approximate surface area is 155 Å². The molecule has 0 aliphatic rings. The SMILES string of the molecule is CCNC(=NCCc1ccco1)N(C)CCc1ccc(OC)c(OC)c1. The normalized spacial score (nSPS) is 11.3. The van der Waals surface area contributed by atoms with E-state index in [9.17, 15) is 0 Å². The van der Waals surface area contributed by atoms with Gasteiger partial charge in [0, 0.05) is 33.1 Å². The van der Waals surface area contributed by atoms with Crippen molar-refractivity contribution in [1.29, 1.82) is 0 Å². The number of guanidine groups is 1. The maximum Gasteiger partial charge on any atom is 0.193 e. The number of furan rings is 1. The largest absolute Gasteiger partial charge is 0.493 e. The average Bonchev–Trinajstić information content (AvgIpc) is 3.18. The second kappa shape index (κ2) is 10.4. The van der Waals surface area contributed by atoms with Gasteiger partial charge in [-0.15, -0.1) is 0 Å². The molecule has 1 heterocycles. The van der Waals surface area contributed by atoms with Crippen molar-refractivity contribution in [2.45, 2.75) is 19.8 Å². The molecule has 1 aromatic heterocycles. The van der Waals surface area contributed by atoms with Crippen LogP contribution in [0.5, 0.6) is 11.5 Å². The molecule has 0 saturated heterocycles. The lowest BCUT2D eigenvalue weighted by atomic mass is 10.1. The van der Waals surface area contributed by atoms with Gasteiger partial charge in [0.25, 0.3) is 0 Å². The monoisotopic (exact) mass is 359 g/mol. The Kier molecular flexibility index (Phi) is 7.86. The molecule has 0 unspecified atom stereocenters. The molecule has 6 heteroatoms. The Hall–Kier alpha value is -2.63. The van der Waals surface area contributed by atoms with Crippen molar-refractivity contribution in [2.75, 3.05) is 40.9 Å². The van der Waals surface area contributed by atoms with Gasteiger partial charge in [-0.05, 0) is 43.2 Å². The summed E-state index contributed by atoms with van der Waals surface area (Å²) in [4.78, 5) is 6.83. The van der Waals surface area contributed by atoms with Gasteiger partial charge in [-0.25, -0.2) is 0 Å². The molecule has 0 saturated carbocycles. The minimum absolute atomic E-state index is 0.691. The van der Waals surface area contributed by atoms with Crippen molar-refractivity contribution < 1.29 is 13.9 Å². The van der Waals surface area contributed by atoms with Crippen LogP contribution in [0.4, 0.5) is 0 Å². The van der Waals surface area contributed by atoms with E-state index in [0.29, 0.717) is 6.54 Å². The summed E-state index contributed by atoms with van der Waals surface area (Å²) in [7, 11) is 5.35. The zero-order valence-electron chi connectivity index (χ0n) is 16.1. The topological polar surface area (TPSA) is 59.2 Å². The number of aliphatic imine (C=N–C) groups is 1. The van der Waals surface area contributed by atoms with E-state index in [2.05, 4.69) is 35.2 Å². The summed E-state index contributed by atoms with van der Waals surface area (Å²) >= 11 is 0. The van der Waals surface area contributed by atoms with Crippen LogP contribution in [0.3, 0.4) is 0 Å². The molecule has 1 aromatic carbocycles. The summed E-state index contributed by atoms with van der Waals surface area (Å²) in [5.41, 5.74) is 1.20. The van der Waals surface area contributed by atoms with Crippen molar-refractivity contribution in [3.63, 3.8) is 0 Å². The van der Waals surface area contributed by atoms with E-state index in [-0.39, 0.29) is 0 Å². The lowest BCUT2D eigenvalue weighted by Crippen LogP contribution is -2.40. The van der Waals surface area contributed by atoms with Crippen molar-refractivity contribution in [2.24, 2.45) is 4.99 Å². The average molecular weight is 359 g/mol. The van der Waals surface area contributed by atoms with Gasteiger partial charge < -0.3 is 24.1 Å². The number of methoxy groups -OCH3 is 2. The van der Waals surface area contributed by atoms with Gasteiger partial charge in [0.2, 0.25) is 0 Å². The third-order valence-electron chi connectivity index (χ3n) is 4.08. The molecule has 26 heavy (non-hydrogen) atoms. The first-order valence-electron chi connectivity index (χ1n) is 8.90. The second-order valence-corrected chi connectivity index (χ2v) is 5.93. The number of hydrogen-bond acceptors (Lipinski definition) is 4. The van der Waals surface area contributed by atoms with Gasteiger partial charge in [0.1, 0.15) is 5.76 Å². The first-order valence-corrected chi connectivity index (χ1v) is 8.90. The minimum Gasteiger partial charge on any atom is -0.493 e. The van der Waals surface area contributed by atoms with Crippen molar-refractivity contribution in [3.8, 4) is 11.5 Å². The van der Waals surface area contributed by atoms with Gasteiger partial charge in [-0.3, -0.25) is 4.99 Å². The van der Waals surface area contributed by atoms with Gasteiger partial charge in [0.05, 0.1) is 20.5 Å². The molecule has 0 atom stereocenters. The molecule has 0 amide bonds. The molecule has 2 aromatic rings. The van der Waals surface area contributed by atoms with E-state index >= 15 is 0 Å². The fourth-order valence-corrected chi connectivity index (χ4v) is 2.64. The molecule has 0 radical (unpaired) electrons. The molecular weight excluding hydrogens is 330 g/mol. The lowest BCUT2D eigenvalue weighted by molar-refractivity contribution is 0.354. The number of nitrogens with zero attached hydrogens (tertiary/aromatic N) is 2. The molecule has 0 spiro atoms. The predicted octanol–water partition coefficient (Wildman–Crippen LogP) is 2.98. The van der Waals surface area contributed by atoms with E-state index in [1.54, 1.807) is 20.5 Å².